The summed E-state index contributed by atoms with van der Waals surface area (Å²) >= 11 is 0. The van der Waals surface area contributed by atoms with E-state index in [0.717, 1.165) is 19.5 Å². The lowest BCUT2D eigenvalue weighted by atomic mass is 10.1. The molecule has 0 bridgehead atoms. The molecule has 1 aliphatic rings. The zero-order chi connectivity index (χ0) is 11.3. The number of nitrogens with one attached hydrogen (secondary N) is 1. The van der Waals surface area contributed by atoms with Crippen molar-refractivity contribution in [2.24, 2.45) is 5.92 Å². The Bertz CT molecular complexity index is 209. The SMILES string of the molecule is COCCNCC(=O)N1CCC(C)C1C. The van der Waals surface area contributed by atoms with Crippen molar-refractivity contribution in [2.45, 2.75) is 26.3 Å². The van der Waals surface area contributed by atoms with E-state index in [1.807, 2.05) is 4.90 Å². The quantitative estimate of drug-likeness (QED) is 0.677. The predicted molar refractivity (Wildman–Crippen MR) is 59.7 cm³/mol. The molecule has 0 spiro atoms. The molecule has 1 saturated heterocycles. The molecule has 0 aromatic rings. The first kappa shape index (κ1) is 12.5. The summed E-state index contributed by atoms with van der Waals surface area (Å²) in [6.07, 6.45) is 1.13. The molecule has 0 aromatic carbocycles. The van der Waals surface area contributed by atoms with Crippen LogP contribution in [0.25, 0.3) is 0 Å². The van der Waals surface area contributed by atoms with Crippen molar-refractivity contribution >= 4 is 5.91 Å². The third kappa shape index (κ3) is 3.47. The second-order valence-corrected chi connectivity index (χ2v) is 4.26. The van der Waals surface area contributed by atoms with Crippen LogP contribution in [0, 0.1) is 5.92 Å². The third-order valence-electron chi connectivity index (χ3n) is 3.22. The highest BCUT2D eigenvalue weighted by Gasteiger charge is 2.30. The maximum atomic E-state index is 11.8. The average Bonchev–Trinajstić information content (AvgIpc) is 2.55. The first-order chi connectivity index (χ1) is 7.16. The van der Waals surface area contributed by atoms with Crippen molar-refractivity contribution in [2.75, 3.05) is 33.4 Å². The fourth-order valence-corrected chi connectivity index (χ4v) is 1.92. The van der Waals surface area contributed by atoms with Crippen LogP contribution in [0.15, 0.2) is 0 Å². The maximum Gasteiger partial charge on any atom is 0.236 e. The van der Waals surface area contributed by atoms with Gasteiger partial charge in [0.1, 0.15) is 0 Å². The number of likely N-dealkylation sites (tertiary alicyclic amines) is 1. The Balaban J connectivity index is 2.22. The summed E-state index contributed by atoms with van der Waals surface area (Å²) in [4.78, 5) is 13.8. The molecular formula is C11H22N2O2. The fraction of sp³-hybridized carbons (Fsp3) is 0.909. The van der Waals surface area contributed by atoms with Gasteiger partial charge in [0.2, 0.25) is 5.91 Å². The Kier molecular flexibility index (Phi) is 5.05. The van der Waals surface area contributed by atoms with Crippen LogP contribution in [0.1, 0.15) is 20.3 Å². The summed E-state index contributed by atoms with van der Waals surface area (Å²) in [5, 5.41) is 3.08. The van der Waals surface area contributed by atoms with E-state index >= 15 is 0 Å². The van der Waals surface area contributed by atoms with E-state index in [-0.39, 0.29) is 5.91 Å². The average molecular weight is 214 g/mol. The second-order valence-electron chi connectivity index (χ2n) is 4.26. The molecule has 1 N–H and O–H groups in total. The Morgan fingerprint density at radius 2 is 2.27 bits per heavy atom. The molecular weight excluding hydrogens is 192 g/mol. The van der Waals surface area contributed by atoms with E-state index in [1.54, 1.807) is 7.11 Å². The first-order valence-corrected chi connectivity index (χ1v) is 5.66. The van der Waals surface area contributed by atoms with Gasteiger partial charge in [-0.3, -0.25) is 4.79 Å². The van der Waals surface area contributed by atoms with E-state index in [4.69, 9.17) is 4.74 Å². The van der Waals surface area contributed by atoms with Gasteiger partial charge in [-0.15, -0.1) is 0 Å². The molecule has 4 nitrogen and oxygen atoms in total. The molecule has 0 saturated carbocycles. The van der Waals surface area contributed by atoms with E-state index < -0.39 is 0 Å². The molecule has 0 aliphatic carbocycles. The van der Waals surface area contributed by atoms with E-state index in [2.05, 4.69) is 19.2 Å². The smallest absolute Gasteiger partial charge is 0.236 e. The number of hydrogen-bond donors (Lipinski definition) is 1. The van der Waals surface area contributed by atoms with Crippen LogP contribution in [0.4, 0.5) is 0 Å². The molecule has 1 heterocycles. The second kappa shape index (κ2) is 6.08. The molecule has 88 valence electrons. The Hall–Kier alpha value is -0.610. The zero-order valence-corrected chi connectivity index (χ0v) is 9.95. The minimum Gasteiger partial charge on any atom is -0.383 e. The zero-order valence-electron chi connectivity index (χ0n) is 9.95. The molecule has 2 unspecified atom stereocenters. The molecule has 0 radical (unpaired) electrons. The van der Waals surface area contributed by atoms with Gasteiger partial charge in [0.05, 0.1) is 13.2 Å². The van der Waals surface area contributed by atoms with Crippen LogP contribution in [0.5, 0.6) is 0 Å². The number of amides is 1. The largest absolute Gasteiger partial charge is 0.383 e. The van der Waals surface area contributed by atoms with Crippen LogP contribution in [0.2, 0.25) is 0 Å². The minimum atomic E-state index is 0.211. The van der Waals surface area contributed by atoms with Gasteiger partial charge < -0.3 is 15.0 Å². The van der Waals surface area contributed by atoms with Gasteiger partial charge in [-0.2, -0.15) is 0 Å². The highest BCUT2D eigenvalue weighted by molar-refractivity contribution is 5.78. The van der Waals surface area contributed by atoms with Crippen LogP contribution in [0.3, 0.4) is 0 Å². The van der Waals surface area contributed by atoms with Gasteiger partial charge in [-0.25, -0.2) is 0 Å². The lowest BCUT2D eigenvalue weighted by Crippen LogP contribution is -2.41. The van der Waals surface area contributed by atoms with E-state index in [0.29, 0.717) is 25.1 Å². The van der Waals surface area contributed by atoms with E-state index in [9.17, 15) is 4.79 Å². The number of carbonyl (C=O) groups is 1. The normalized spacial score (nSPS) is 25.9. The molecule has 1 fully saturated rings. The Morgan fingerprint density at radius 3 is 2.80 bits per heavy atom. The number of hydrogen-bond acceptors (Lipinski definition) is 3. The summed E-state index contributed by atoms with van der Waals surface area (Å²) in [6, 6.07) is 0.390. The topological polar surface area (TPSA) is 41.6 Å². The van der Waals surface area contributed by atoms with Crippen molar-refractivity contribution in [3.8, 4) is 0 Å². The number of methoxy groups -OCH3 is 1. The standard InChI is InChI=1S/C11H22N2O2/c1-9-4-6-13(10(9)2)11(14)8-12-5-7-15-3/h9-10,12H,4-8H2,1-3H3. The van der Waals surface area contributed by atoms with Crippen LogP contribution in [-0.2, 0) is 9.53 Å². The fourth-order valence-electron chi connectivity index (χ4n) is 1.92. The molecule has 2 atom stereocenters. The number of rotatable bonds is 5. The van der Waals surface area contributed by atoms with Crippen LogP contribution >= 0.6 is 0 Å². The minimum absolute atomic E-state index is 0.211. The van der Waals surface area contributed by atoms with Crippen LogP contribution < -0.4 is 5.32 Å². The summed E-state index contributed by atoms with van der Waals surface area (Å²) in [6.45, 7) is 7.06. The predicted octanol–water partition coefficient (Wildman–Crippen LogP) is 0.479. The molecule has 1 rings (SSSR count). The number of carbonyl (C=O) groups excluding carboxylic acids is 1. The summed E-state index contributed by atoms with van der Waals surface area (Å²) in [7, 11) is 1.66. The number of ether oxygens (including phenoxy) is 1. The highest BCUT2D eigenvalue weighted by atomic mass is 16.5. The number of nitrogens with zero attached hydrogens (tertiary/aromatic N) is 1. The highest BCUT2D eigenvalue weighted by Crippen LogP contribution is 2.22. The summed E-state index contributed by atoms with van der Waals surface area (Å²) in [5.74, 6) is 0.843. The van der Waals surface area contributed by atoms with Gasteiger partial charge in [0.15, 0.2) is 0 Å². The van der Waals surface area contributed by atoms with Gasteiger partial charge in [0, 0.05) is 26.2 Å². The Morgan fingerprint density at radius 1 is 1.53 bits per heavy atom. The molecule has 1 aliphatic heterocycles. The lowest BCUT2D eigenvalue weighted by molar-refractivity contribution is -0.131. The van der Waals surface area contributed by atoms with Crippen molar-refractivity contribution in [1.82, 2.24) is 10.2 Å². The molecule has 1 amide bonds. The lowest BCUT2D eigenvalue weighted by Gasteiger charge is -2.23. The molecule has 4 heteroatoms. The Labute approximate surface area is 92.0 Å². The monoisotopic (exact) mass is 214 g/mol. The third-order valence-corrected chi connectivity index (χ3v) is 3.22. The van der Waals surface area contributed by atoms with Crippen molar-refractivity contribution < 1.29 is 9.53 Å². The van der Waals surface area contributed by atoms with Gasteiger partial charge in [0.25, 0.3) is 0 Å². The first-order valence-electron chi connectivity index (χ1n) is 5.66. The van der Waals surface area contributed by atoms with Gasteiger partial charge in [-0.1, -0.05) is 6.92 Å². The van der Waals surface area contributed by atoms with Gasteiger partial charge in [-0.05, 0) is 19.3 Å². The molecule has 0 aromatic heterocycles. The van der Waals surface area contributed by atoms with Crippen molar-refractivity contribution in [1.29, 1.82) is 0 Å². The summed E-state index contributed by atoms with van der Waals surface area (Å²) < 4.78 is 4.90. The summed E-state index contributed by atoms with van der Waals surface area (Å²) in [5.41, 5.74) is 0. The van der Waals surface area contributed by atoms with Gasteiger partial charge >= 0.3 is 0 Å². The van der Waals surface area contributed by atoms with Crippen molar-refractivity contribution in [3.63, 3.8) is 0 Å². The van der Waals surface area contributed by atoms with E-state index in [1.165, 1.54) is 0 Å². The van der Waals surface area contributed by atoms with Crippen molar-refractivity contribution in [3.05, 3.63) is 0 Å². The van der Waals surface area contributed by atoms with Crippen LogP contribution in [-0.4, -0.2) is 50.2 Å². The molecule has 15 heavy (non-hydrogen) atoms. The maximum absolute atomic E-state index is 11.8.